The van der Waals surface area contributed by atoms with Crippen LogP contribution >= 0.6 is 0 Å². The Morgan fingerprint density at radius 1 is 1.33 bits per heavy atom. The van der Waals surface area contributed by atoms with E-state index in [2.05, 4.69) is 6.92 Å². The van der Waals surface area contributed by atoms with Gasteiger partial charge in [-0.25, -0.2) is 0 Å². The monoisotopic (exact) mass is 209 g/mol. The zero-order valence-corrected chi connectivity index (χ0v) is 9.62. The van der Waals surface area contributed by atoms with Crippen molar-refractivity contribution in [2.45, 2.75) is 19.4 Å². The number of benzene rings is 1. The molecule has 1 aromatic carbocycles. The lowest BCUT2D eigenvalue weighted by Gasteiger charge is -2.15. The molecule has 3 nitrogen and oxygen atoms in total. The normalized spacial score (nSPS) is 12.5. The second-order valence-corrected chi connectivity index (χ2v) is 3.63. The second-order valence-electron chi connectivity index (χ2n) is 3.63. The maximum atomic E-state index is 5.68. The molecule has 0 aromatic heterocycles. The van der Waals surface area contributed by atoms with E-state index in [1.807, 2.05) is 18.2 Å². The highest BCUT2D eigenvalue weighted by atomic mass is 16.5. The van der Waals surface area contributed by atoms with E-state index in [1.54, 1.807) is 14.2 Å². The van der Waals surface area contributed by atoms with Crippen LogP contribution in [0.5, 0.6) is 5.75 Å². The molecule has 0 saturated heterocycles. The van der Waals surface area contributed by atoms with Crippen molar-refractivity contribution < 1.29 is 9.47 Å². The molecule has 0 aliphatic heterocycles. The quantitative estimate of drug-likeness (QED) is 0.805. The van der Waals surface area contributed by atoms with Gasteiger partial charge in [-0.05, 0) is 35.7 Å². The van der Waals surface area contributed by atoms with Crippen molar-refractivity contribution in [3.63, 3.8) is 0 Å². The molecule has 0 aliphatic rings. The predicted octanol–water partition coefficient (Wildman–Crippen LogP) is 1.90. The molecule has 2 N–H and O–H groups in total. The number of methoxy groups -OCH3 is 2. The second kappa shape index (κ2) is 5.73. The summed E-state index contributed by atoms with van der Waals surface area (Å²) in [6.45, 7) is 3.35. The van der Waals surface area contributed by atoms with Gasteiger partial charge >= 0.3 is 0 Å². The molecule has 15 heavy (non-hydrogen) atoms. The molecule has 3 heteroatoms. The van der Waals surface area contributed by atoms with Crippen LogP contribution in [-0.2, 0) is 11.3 Å². The molecule has 1 rings (SSSR count). The molecule has 1 atom stereocenters. The van der Waals surface area contributed by atoms with E-state index in [-0.39, 0.29) is 0 Å². The molecule has 84 valence electrons. The van der Waals surface area contributed by atoms with Gasteiger partial charge in [0.2, 0.25) is 0 Å². The number of nitrogens with two attached hydrogens (primary N) is 1. The number of hydrogen-bond acceptors (Lipinski definition) is 3. The Bertz CT molecular complexity index is 312. The standard InChI is InChI=1S/C12H19NO2/c1-9(7-13)12-6-11(15-3)5-4-10(12)8-14-2/h4-6,9H,7-8,13H2,1-3H3. The zero-order chi connectivity index (χ0) is 11.3. The summed E-state index contributed by atoms with van der Waals surface area (Å²) in [5.74, 6) is 1.19. The fraction of sp³-hybridized carbons (Fsp3) is 0.500. The van der Waals surface area contributed by atoms with Gasteiger partial charge in [0.1, 0.15) is 5.75 Å². The van der Waals surface area contributed by atoms with Crippen LogP contribution in [-0.4, -0.2) is 20.8 Å². The topological polar surface area (TPSA) is 44.5 Å². The molecule has 0 fully saturated rings. The van der Waals surface area contributed by atoms with E-state index in [0.29, 0.717) is 19.1 Å². The van der Waals surface area contributed by atoms with E-state index in [1.165, 1.54) is 11.1 Å². The molecule has 0 amide bonds. The van der Waals surface area contributed by atoms with Crippen molar-refractivity contribution in [1.29, 1.82) is 0 Å². The molecular weight excluding hydrogens is 190 g/mol. The highest BCUT2D eigenvalue weighted by Crippen LogP contribution is 2.24. The summed E-state index contributed by atoms with van der Waals surface area (Å²) >= 11 is 0. The van der Waals surface area contributed by atoms with E-state index >= 15 is 0 Å². The molecule has 0 heterocycles. The largest absolute Gasteiger partial charge is 0.497 e. The van der Waals surface area contributed by atoms with Crippen molar-refractivity contribution >= 4 is 0 Å². The summed E-state index contributed by atoms with van der Waals surface area (Å²) in [6, 6.07) is 6.01. The van der Waals surface area contributed by atoms with Crippen LogP contribution in [0.15, 0.2) is 18.2 Å². The van der Waals surface area contributed by atoms with E-state index in [9.17, 15) is 0 Å². The van der Waals surface area contributed by atoms with Crippen LogP contribution in [0.3, 0.4) is 0 Å². The third kappa shape index (κ3) is 2.94. The molecular formula is C12H19NO2. The SMILES string of the molecule is COCc1ccc(OC)cc1C(C)CN. The minimum atomic E-state index is 0.324. The molecule has 0 saturated carbocycles. The van der Waals surface area contributed by atoms with Crippen molar-refractivity contribution in [2.75, 3.05) is 20.8 Å². The highest BCUT2D eigenvalue weighted by molar-refractivity contribution is 5.37. The Balaban J connectivity index is 3.04. The summed E-state index contributed by atoms with van der Waals surface area (Å²) in [7, 11) is 3.36. The van der Waals surface area contributed by atoms with Crippen LogP contribution in [0.4, 0.5) is 0 Å². The van der Waals surface area contributed by atoms with Crippen LogP contribution < -0.4 is 10.5 Å². The Kier molecular flexibility index (Phi) is 4.59. The minimum absolute atomic E-state index is 0.324. The summed E-state index contributed by atoms with van der Waals surface area (Å²) in [4.78, 5) is 0. The first kappa shape index (κ1) is 12.0. The summed E-state index contributed by atoms with van der Waals surface area (Å²) in [5, 5.41) is 0. The molecule has 0 bridgehead atoms. The van der Waals surface area contributed by atoms with Crippen molar-refractivity contribution in [2.24, 2.45) is 5.73 Å². The van der Waals surface area contributed by atoms with Crippen LogP contribution in [0, 0.1) is 0 Å². The van der Waals surface area contributed by atoms with Crippen LogP contribution in [0.25, 0.3) is 0 Å². The van der Waals surface area contributed by atoms with Crippen molar-refractivity contribution in [3.05, 3.63) is 29.3 Å². The first-order valence-electron chi connectivity index (χ1n) is 5.08. The number of hydrogen-bond donors (Lipinski definition) is 1. The lowest BCUT2D eigenvalue weighted by Crippen LogP contribution is -2.11. The lowest BCUT2D eigenvalue weighted by molar-refractivity contribution is 0.183. The zero-order valence-electron chi connectivity index (χ0n) is 9.62. The Morgan fingerprint density at radius 3 is 2.60 bits per heavy atom. The molecule has 1 aromatic rings. The average Bonchev–Trinajstić information content (AvgIpc) is 2.29. The Labute approximate surface area is 91.2 Å². The molecule has 0 radical (unpaired) electrons. The predicted molar refractivity (Wildman–Crippen MR) is 61.2 cm³/mol. The van der Waals surface area contributed by atoms with Gasteiger partial charge in [-0.1, -0.05) is 13.0 Å². The van der Waals surface area contributed by atoms with Gasteiger partial charge in [0.05, 0.1) is 13.7 Å². The van der Waals surface area contributed by atoms with Gasteiger partial charge in [0.25, 0.3) is 0 Å². The third-order valence-electron chi connectivity index (χ3n) is 2.54. The molecule has 0 aliphatic carbocycles. The summed E-state index contributed by atoms with van der Waals surface area (Å²) in [6.07, 6.45) is 0. The Morgan fingerprint density at radius 2 is 2.07 bits per heavy atom. The maximum Gasteiger partial charge on any atom is 0.119 e. The van der Waals surface area contributed by atoms with Gasteiger partial charge < -0.3 is 15.2 Å². The minimum Gasteiger partial charge on any atom is -0.497 e. The van der Waals surface area contributed by atoms with Gasteiger partial charge in [0.15, 0.2) is 0 Å². The van der Waals surface area contributed by atoms with Gasteiger partial charge in [-0.2, -0.15) is 0 Å². The summed E-state index contributed by atoms with van der Waals surface area (Å²) < 4.78 is 10.4. The maximum absolute atomic E-state index is 5.68. The Hall–Kier alpha value is -1.06. The smallest absolute Gasteiger partial charge is 0.119 e. The van der Waals surface area contributed by atoms with Gasteiger partial charge in [0, 0.05) is 7.11 Å². The van der Waals surface area contributed by atoms with E-state index in [4.69, 9.17) is 15.2 Å². The number of rotatable bonds is 5. The van der Waals surface area contributed by atoms with E-state index < -0.39 is 0 Å². The molecule has 0 spiro atoms. The first-order chi connectivity index (χ1) is 7.22. The van der Waals surface area contributed by atoms with E-state index in [0.717, 1.165) is 5.75 Å². The fourth-order valence-corrected chi connectivity index (χ4v) is 1.57. The average molecular weight is 209 g/mol. The fourth-order valence-electron chi connectivity index (χ4n) is 1.57. The first-order valence-corrected chi connectivity index (χ1v) is 5.08. The van der Waals surface area contributed by atoms with Crippen molar-refractivity contribution in [3.8, 4) is 5.75 Å². The third-order valence-corrected chi connectivity index (χ3v) is 2.54. The lowest BCUT2D eigenvalue weighted by atomic mass is 9.96. The highest BCUT2D eigenvalue weighted by Gasteiger charge is 2.10. The van der Waals surface area contributed by atoms with Crippen molar-refractivity contribution in [1.82, 2.24) is 0 Å². The number of ether oxygens (including phenoxy) is 2. The molecule has 1 unspecified atom stereocenters. The van der Waals surface area contributed by atoms with Crippen LogP contribution in [0.1, 0.15) is 24.0 Å². The van der Waals surface area contributed by atoms with Crippen LogP contribution in [0.2, 0.25) is 0 Å². The summed E-state index contributed by atoms with van der Waals surface area (Å²) in [5.41, 5.74) is 8.06. The van der Waals surface area contributed by atoms with Gasteiger partial charge in [-0.3, -0.25) is 0 Å². The van der Waals surface area contributed by atoms with Gasteiger partial charge in [-0.15, -0.1) is 0 Å².